The third-order valence-electron chi connectivity index (χ3n) is 6.44. The average molecular weight is 473 g/mol. The van der Waals surface area contributed by atoms with Crippen molar-refractivity contribution in [3.05, 3.63) is 66.4 Å². The maximum Gasteiger partial charge on any atom is 0.323 e. The molecule has 2 N–H and O–H groups in total. The number of nitrogens with one attached hydrogen (secondary N) is 2. The predicted molar refractivity (Wildman–Crippen MR) is 139 cm³/mol. The number of carbonyl (C=O) groups is 1. The first kappa shape index (κ1) is 23.3. The number of rotatable bonds is 7. The van der Waals surface area contributed by atoms with Crippen molar-refractivity contribution in [1.82, 2.24) is 14.9 Å². The van der Waals surface area contributed by atoms with Crippen molar-refractivity contribution in [2.45, 2.75) is 38.4 Å². The Labute approximate surface area is 206 Å². The van der Waals surface area contributed by atoms with Crippen molar-refractivity contribution < 1.29 is 9.53 Å². The van der Waals surface area contributed by atoms with Crippen LogP contribution in [-0.4, -0.2) is 59.8 Å². The quantitative estimate of drug-likeness (QED) is 0.523. The number of hydrogen-bond acceptors (Lipinski definition) is 6. The highest BCUT2D eigenvalue weighted by molar-refractivity contribution is 5.99. The second-order valence-corrected chi connectivity index (χ2v) is 9.33. The number of amides is 2. The summed E-state index contributed by atoms with van der Waals surface area (Å²) in [6.07, 6.45) is 2.52. The molecule has 35 heavy (non-hydrogen) atoms. The molecule has 3 aromatic rings. The fourth-order valence-corrected chi connectivity index (χ4v) is 4.33. The van der Waals surface area contributed by atoms with E-state index in [0.717, 1.165) is 35.9 Å². The van der Waals surface area contributed by atoms with Gasteiger partial charge in [0.25, 0.3) is 0 Å². The van der Waals surface area contributed by atoms with E-state index in [9.17, 15) is 4.79 Å². The summed E-state index contributed by atoms with van der Waals surface area (Å²) in [7, 11) is 2.16. The van der Waals surface area contributed by atoms with E-state index in [2.05, 4.69) is 40.5 Å². The highest BCUT2D eigenvalue weighted by atomic mass is 16.5. The van der Waals surface area contributed by atoms with E-state index < -0.39 is 0 Å². The molecule has 1 saturated carbocycles. The molecule has 0 radical (unpaired) electrons. The molecule has 0 bridgehead atoms. The zero-order valence-corrected chi connectivity index (χ0v) is 20.3. The van der Waals surface area contributed by atoms with Gasteiger partial charge in [-0.3, -0.25) is 4.90 Å². The van der Waals surface area contributed by atoms with E-state index >= 15 is 0 Å². The number of anilines is 3. The lowest BCUT2D eigenvalue weighted by molar-refractivity contribution is 0.0985. The third kappa shape index (κ3) is 5.96. The van der Waals surface area contributed by atoms with E-state index in [0.29, 0.717) is 30.8 Å². The molecule has 8 heteroatoms. The normalized spacial score (nSPS) is 17.9. The summed E-state index contributed by atoms with van der Waals surface area (Å²) in [5.74, 6) is 1.63. The molecule has 0 unspecified atom stereocenters. The van der Waals surface area contributed by atoms with Crippen LogP contribution in [0.2, 0.25) is 0 Å². The Morgan fingerprint density at radius 3 is 2.46 bits per heavy atom. The topological polar surface area (TPSA) is 82.6 Å². The van der Waals surface area contributed by atoms with Crippen LogP contribution in [0.5, 0.6) is 0 Å². The van der Waals surface area contributed by atoms with Crippen LogP contribution in [-0.2, 0) is 11.3 Å². The minimum absolute atomic E-state index is 0.259. The minimum Gasteiger partial charge on any atom is -0.377 e. The molecule has 1 atom stereocenters. The number of ether oxygens (including phenoxy) is 1. The molecule has 1 saturated heterocycles. The maximum absolute atomic E-state index is 12.3. The van der Waals surface area contributed by atoms with Gasteiger partial charge < -0.3 is 20.3 Å². The minimum atomic E-state index is -0.283. The fourth-order valence-electron chi connectivity index (χ4n) is 4.33. The number of aromatic nitrogens is 2. The zero-order chi connectivity index (χ0) is 24.2. The molecule has 1 aliphatic heterocycles. The van der Waals surface area contributed by atoms with Gasteiger partial charge in [-0.05, 0) is 63.2 Å². The van der Waals surface area contributed by atoms with E-state index in [1.54, 1.807) is 0 Å². The second kappa shape index (κ2) is 10.4. The molecule has 8 nitrogen and oxygen atoms in total. The monoisotopic (exact) mass is 472 g/mol. The van der Waals surface area contributed by atoms with E-state index in [1.807, 2.05) is 54.6 Å². The number of hydrogen-bond donors (Lipinski definition) is 2. The molecule has 2 amide bonds. The van der Waals surface area contributed by atoms with Gasteiger partial charge in [0.15, 0.2) is 5.82 Å². The molecule has 2 aliphatic rings. The standard InChI is InChI=1S/C27H32N6O2/c1-19-18-35-15-14-33(19)25-16-23(17-32(2)24-12-13-24)28-26(31-25)20-8-10-22(11-9-20)30-27(34)29-21-6-4-3-5-7-21/h3-11,16,19,24H,12-15,17-18H2,1-2H3,(H2,29,30,34)/t19-/m0/s1. The maximum atomic E-state index is 12.3. The molecule has 5 rings (SSSR count). The first-order chi connectivity index (χ1) is 17.0. The first-order valence-electron chi connectivity index (χ1n) is 12.2. The van der Waals surface area contributed by atoms with Crippen molar-refractivity contribution in [2.24, 2.45) is 0 Å². The Morgan fingerprint density at radius 2 is 1.77 bits per heavy atom. The van der Waals surface area contributed by atoms with Gasteiger partial charge in [-0.15, -0.1) is 0 Å². The Morgan fingerprint density at radius 1 is 1.06 bits per heavy atom. The Bertz CT molecular complexity index is 1150. The van der Waals surface area contributed by atoms with Gasteiger partial charge in [0.1, 0.15) is 5.82 Å². The van der Waals surface area contributed by atoms with E-state index in [4.69, 9.17) is 14.7 Å². The molecule has 0 spiro atoms. The van der Waals surface area contributed by atoms with Crippen LogP contribution >= 0.6 is 0 Å². The summed E-state index contributed by atoms with van der Waals surface area (Å²) in [4.78, 5) is 26.8. The predicted octanol–water partition coefficient (Wildman–Crippen LogP) is 4.61. The van der Waals surface area contributed by atoms with E-state index in [1.165, 1.54) is 12.8 Å². The summed E-state index contributed by atoms with van der Waals surface area (Å²) in [6.45, 7) is 5.17. The summed E-state index contributed by atoms with van der Waals surface area (Å²) < 4.78 is 5.63. The van der Waals surface area contributed by atoms with Crippen LogP contribution in [0.3, 0.4) is 0 Å². The summed E-state index contributed by atoms with van der Waals surface area (Å²) in [5.41, 5.74) is 3.38. The zero-order valence-electron chi connectivity index (χ0n) is 20.3. The summed E-state index contributed by atoms with van der Waals surface area (Å²) >= 11 is 0. The molecule has 2 fully saturated rings. The van der Waals surface area contributed by atoms with Crippen LogP contribution in [0.4, 0.5) is 22.0 Å². The number of para-hydroxylation sites is 1. The highest BCUT2D eigenvalue weighted by Crippen LogP contribution is 2.29. The number of urea groups is 1. The van der Waals surface area contributed by atoms with Crippen LogP contribution in [0, 0.1) is 0 Å². The highest BCUT2D eigenvalue weighted by Gasteiger charge is 2.27. The second-order valence-electron chi connectivity index (χ2n) is 9.33. The summed E-state index contributed by atoms with van der Waals surface area (Å²) in [6, 6.07) is 19.8. The van der Waals surface area contributed by atoms with Gasteiger partial charge in [0.2, 0.25) is 0 Å². The number of carbonyl (C=O) groups excluding carboxylic acids is 1. The lowest BCUT2D eigenvalue weighted by atomic mass is 10.1. The van der Waals surface area contributed by atoms with Gasteiger partial charge >= 0.3 is 6.03 Å². The van der Waals surface area contributed by atoms with Crippen LogP contribution in [0.15, 0.2) is 60.7 Å². The molecule has 1 aliphatic carbocycles. The van der Waals surface area contributed by atoms with Crippen molar-refractivity contribution in [2.75, 3.05) is 42.3 Å². The third-order valence-corrected chi connectivity index (χ3v) is 6.44. The lowest BCUT2D eigenvalue weighted by Crippen LogP contribution is -2.44. The van der Waals surface area contributed by atoms with Crippen LogP contribution in [0.25, 0.3) is 11.4 Å². The SMILES string of the molecule is C[C@H]1COCCN1c1cc(CN(C)C2CC2)nc(-c2ccc(NC(=O)Nc3ccccc3)cc2)n1. The van der Waals surface area contributed by atoms with Crippen molar-refractivity contribution >= 4 is 23.2 Å². The van der Waals surface area contributed by atoms with Crippen LogP contribution in [0.1, 0.15) is 25.5 Å². The molecule has 182 valence electrons. The van der Waals surface area contributed by atoms with Gasteiger partial charge in [0.05, 0.1) is 24.9 Å². The largest absolute Gasteiger partial charge is 0.377 e. The molecule has 2 heterocycles. The fraction of sp³-hybridized carbons (Fsp3) is 0.370. The lowest BCUT2D eigenvalue weighted by Gasteiger charge is -2.34. The molecular formula is C27H32N6O2. The van der Waals surface area contributed by atoms with Gasteiger partial charge in [-0.1, -0.05) is 18.2 Å². The van der Waals surface area contributed by atoms with E-state index in [-0.39, 0.29) is 12.1 Å². The average Bonchev–Trinajstić information content (AvgIpc) is 3.71. The Hall–Kier alpha value is -3.49. The van der Waals surface area contributed by atoms with Crippen LogP contribution < -0.4 is 15.5 Å². The van der Waals surface area contributed by atoms with Gasteiger partial charge in [-0.25, -0.2) is 14.8 Å². The smallest absolute Gasteiger partial charge is 0.323 e. The van der Waals surface area contributed by atoms with Crippen molar-refractivity contribution in [3.63, 3.8) is 0 Å². The van der Waals surface area contributed by atoms with Gasteiger partial charge in [0, 0.05) is 42.1 Å². The van der Waals surface area contributed by atoms with Crippen molar-refractivity contribution in [3.8, 4) is 11.4 Å². The molecular weight excluding hydrogens is 440 g/mol. The number of nitrogens with zero attached hydrogens (tertiary/aromatic N) is 4. The van der Waals surface area contributed by atoms with Crippen molar-refractivity contribution in [1.29, 1.82) is 0 Å². The molecule has 2 aromatic carbocycles. The Balaban J connectivity index is 1.35. The molecule has 1 aromatic heterocycles. The Kier molecular flexibility index (Phi) is 6.92. The number of benzene rings is 2. The van der Waals surface area contributed by atoms with Gasteiger partial charge in [-0.2, -0.15) is 0 Å². The number of morpholine rings is 1. The summed E-state index contributed by atoms with van der Waals surface area (Å²) in [5, 5.41) is 5.70. The first-order valence-corrected chi connectivity index (χ1v) is 12.2.